The fraction of sp³-hybridized carbons (Fsp3) is 0.500. The maximum atomic E-state index is 12.2. The second kappa shape index (κ2) is 8.62. The number of carbonyl (C=O) groups excluding carboxylic acids is 1. The van der Waals surface area contributed by atoms with E-state index in [0.29, 0.717) is 36.5 Å². The standard InChI is InChI=1S/C18H24N2O5/c1-4-8-25-18-15(20(22)23)10-13(11-17(18)24-3)9-14-12-19(5-2)7-6-16(14)21/h9-11H,4-8,12H2,1-3H3/b14-9+. The molecule has 0 N–H and O–H groups in total. The summed E-state index contributed by atoms with van der Waals surface area (Å²) in [5.41, 5.74) is 1.07. The summed E-state index contributed by atoms with van der Waals surface area (Å²) >= 11 is 0. The Kier molecular flexibility index (Phi) is 6.52. The van der Waals surface area contributed by atoms with Gasteiger partial charge in [0.15, 0.2) is 11.5 Å². The van der Waals surface area contributed by atoms with Gasteiger partial charge < -0.3 is 9.47 Å². The molecule has 136 valence electrons. The summed E-state index contributed by atoms with van der Waals surface area (Å²) in [6, 6.07) is 3.10. The van der Waals surface area contributed by atoms with Crippen LogP contribution in [0.3, 0.4) is 0 Å². The molecule has 0 saturated carbocycles. The van der Waals surface area contributed by atoms with Gasteiger partial charge in [0.25, 0.3) is 0 Å². The van der Waals surface area contributed by atoms with Crippen molar-refractivity contribution in [3.63, 3.8) is 0 Å². The molecular weight excluding hydrogens is 324 g/mol. The Balaban J connectivity index is 2.44. The first-order chi connectivity index (χ1) is 12.0. The zero-order valence-corrected chi connectivity index (χ0v) is 14.9. The first-order valence-corrected chi connectivity index (χ1v) is 8.45. The third kappa shape index (κ3) is 4.57. The minimum atomic E-state index is -0.490. The molecule has 1 aromatic rings. The van der Waals surface area contributed by atoms with Crippen molar-refractivity contribution in [2.75, 3.05) is 33.4 Å². The SMILES string of the molecule is CCCOc1c(OC)cc(/C=C2\CN(CC)CCC2=O)cc1[N+](=O)[O-]. The van der Waals surface area contributed by atoms with Crippen molar-refractivity contribution >= 4 is 17.5 Å². The van der Waals surface area contributed by atoms with Crippen molar-refractivity contribution in [3.05, 3.63) is 33.4 Å². The topological polar surface area (TPSA) is 81.9 Å². The molecule has 1 fully saturated rings. The lowest BCUT2D eigenvalue weighted by atomic mass is 10.00. The monoisotopic (exact) mass is 348 g/mol. The van der Waals surface area contributed by atoms with Crippen LogP contribution in [0.15, 0.2) is 17.7 Å². The van der Waals surface area contributed by atoms with Crippen molar-refractivity contribution in [2.24, 2.45) is 0 Å². The van der Waals surface area contributed by atoms with Crippen LogP contribution in [0.4, 0.5) is 5.69 Å². The van der Waals surface area contributed by atoms with Crippen molar-refractivity contribution in [3.8, 4) is 11.5 Å². The molecule has 0 spiro atoms. The van der Waals surface area contributed by atoms with Crippen LogP contribution >= 0.6 is 0 Å². The predicted octanol–water partition coefficient (Wildman–Crippen LogP) is 3.07. The van der Waals surface area contributed by atoms with Gasteiger partial charge in [-0.05, 0) is 30.7 Å². The van der Waals surface area contributed by atoms with E-state index in [1.165, 1.54) is 13.2 Å². The molecule has 2 rings (SSSR count). The molecule has 0 bridgehead atoms. The van der Waals surface area contributed by atoms with E-state index in [1.54, 1.807) is 12.1 Å². The van der Waals surface area contributed by atoms with Crippen LogP contribution in [0, 0.1) is 10.1 Å². The summed E-state index contributed by atoms with van der Waals surface area (Å²) in [5.74, 6) is 0.504. The van der Waals surface area contributed by atoms with E-state index in [2.05, 4.69) is 4.90 Å². The lowest BCUT2D eigenvalue weighted by Crippen LogP contribution is -2.35. The number of nitrogens with zero attached hydrogens (tertiary/aromatic N) is 2. The molecule has 0 amide bonds. The van der Waals surface area contributed by atoms with Crippen LogP contribution in [0.25, 0.3) is 6.08 Å². The fourth-order valence-corrected chi connectivity index (χ4v) is 2.75. The van der Waals surface area contributed by atoms with Crippen LogP contribution in [0.2, 0.25) is 0 Å². The number of hydrogen-bond donors (Lipinski definition) is 0. The number of benzene rings is 1. The van der Waals surface area contributed by atoms with Crippen LogP contribution < -0.4 is 9.47 Å². The van der Waals surface area contributed by atoms with E-state index in [-0.39, 0.29) is 17.2 Å². The largest absolute Gasteiger partial charge is 0.493 e. The second-order valence-corrected chi connectivity index (χ2v) is 5.89. The number of methoxy groups -OCH3 is 1. The Hall–Kier alpha value is -2.41. The maximum absolute atomic E-state index is 12.2. The molecule has 25 heavy (non-hydrogen) atoms. The molecule has 7 nitrogen and oxygen atoms in total. The van der Waals surface area contributed by atoms with E-state index in [1.807, 2.05) is 13.8 Å². The molecule has 1 aliphatic rings. The van der Waals surface area contributed by atoms with Crippen LogP contribution in [0.5, 0.6) is 11.5 Å². The lowest BCUT2D eigenvalue weighted by molar-refractivity contribution is -0.386. The molecule has 0 aromatic heterocycles. The number of ether oxygens (including phenoxy) is 2. The maximum Gasteiger partial charge on any atom is 0.315 e. The molecular formula is C18H24N2O5. The van der Waals surface area contributed by atoms with Crippen LogP contribution in [-0.4, -0.2) is 49.0 Å². The van der Waals surface area contributed by atoms with Gasteiger partial charge in [0, 0.05) is 31.1 Å². The summed E-state index contributed by atoms with van der Waals surface area (Å²) < 4.78 is 10.8. The Morgan fingerprint density at radius 1 is 1.36 bits per heavy atom. The number of likely N-dealkylation sites (N-methyl/N-ethyl adjacent to an activating group) is 1. The molecule has 0 atom stereocenters. The van der Waals surface area contributed by atoms with Gasteiger partial charge in [0.1, 0.15) is 0 Å². The quantitative estimate of drug-likeness (QED) is 0.428. The minimum Gasteiger partial charge on any atom is -0.493 e. The minimum absolute atomic E-state index is 0.0811. The summed E-state index contributed by atoms with van der Waals surface area (Å²) in [5, 5.41) is 11.4. The van der Waals surface area contributed by atoms with Gasteiger partial charge in [-0.1, -0.05) is 13.8 Å². The zero-order chi connectivity index (χ0) is 18.4. The van der Waals surface area contributed by atoms with Gasteiger partial charge in [0.05, 0.1) is 18.6 Å². The number of nitro benzene ring substituents is 1. The van der Waals surface area contributed by atoms with Crippen molar-refractivity contribution in [1.29, 1.82) is 0 Å². The van der Waals surface area contributed by atoms with Gasteiger partial charge in [-0.25, -0.2) is 0 Å². The van der Waals surface area contributed by atoms with E-state index < -0.39 is 4.92 Å². The molecule has 7 heteroatoms. The highest BCUT2D eigenvalue weighted by atomic mass is 16.6. The number of Topliss-reactive ketones (excluding diaryl/α,β-unsaturated/α-hetero) is 1. The van der Waals surface area contributed by atoms with Crippen LogP contribution in [0.1, 0.15) is 32.3 Å². The summed E-state index contributed by atoms with van der Waals surface area (Å²) in [6.45, 7) is 6.49. The molecule has 0 aliphatic carbocycles. The first-order valence-electron chi connectivity index (χ1n) is 8.45. The molecule has 1 aromatic carbocycles. The summed E-state index contributed by atoms with van der Waals surface area (Å²) in [7, 11) is 1.44. The second-order valence-electron chi connectivity index (χ2n) is 5.89. The normalized spacial score (nSPS) is 16.9. The molecule has 1 saturated heterocycles. The average Bonchev–Trinajstić information content (AvgIpc) is 2.61. The Bertz CT molecular complexity index is 684. The van der Waals surface area contributed by atoms with Crippen molar-refractivity contribution < 1.29 is 19.2 Å². The smallest absolute Gasteiger partial charge is 0.315 e. The number of rotatable bonds is 7. The molecule has 0 radical (unpaired) electrons. The van der Waals surface area contributed by atoms with E-state index >= 15 is 0 Å². The number of likely N-dealkylation sites (tertiary alicyclic amines) is 1. The Morgan fingerprint density at radius 2 is 2.12 bits per heavy atom. The van der Waals surface area contributed by atoms with Crippen molar-refractivity contribution in [2.45, 2.75) is 26.7 Å². The fourth-order valence-electron chi connectivity index (χ4n) is 2.75. The summed E-state index contributed by atoms with van der Waals surface area (Å²) in [4.78, 5) is 25.3. The zero-order valence-electron chi connectivity index (χ0n) is 14.9. The van der Waals surface area contributed by atoms with Gasteiger partial charge in [0.2, 0.25) is 5.75 Å². The third-order valence-corrected chi connectivity index (χ3v) is 4.12. The van der Waals surface area contributed by atoms with E-state index in [9.17, 15) is 14.9 Å². The van der Waals surface area contributed by atoms with Gasteiger partial charge >= 0.3 is 5.69 Å². The average molecular weight is 348 g/mol. The van der Waals surface area contributed by atoms with Crippen LogP contribution in [-0.2, 0) is 4.79 Å². The Labute approximate surface area is 147 Å². The lowest BCUT2D eigenvalue weighted by Gasteiger charge is -2.26. The number of ketones is 1. The molecule has 1 aliphatic heterocycles. The third-order valence-electron chi connectivity index (χ3n) is 4.12. The van der Waals surface area contributed by atoms with Gasteiger partial charge in [-0.15, -0.1) is 0 Å². The predicted molar refractivity (Wildman–Crippen MR) is 95.1 cm³/mol. The summed E-state index contributed by atoms with van der Waals surface area (Å²) in [6.07, 6.45) is 2.91. The number of hydrogen-bond acceptors (Lipinski definition) is 6. The molecule has 0 unspecified atom stereocenters. The highest BCUT2D eigenvalue weighted by molar-refractivity contribution is 6.00. The number of carbonyl (C=O) groups is 1. The van der Waals surface area contributed by atoms with E-state index in [0.717, 1.165) is 19.5 Å². The number of piperidine rings is 1. The van der Waals surface area contributed by atoms with Gasteiger partial charge in [-0.2, -0.15) is 0 Å². The Morgan fingerprint density at radius 3 is 2.72 bits per heavy atom. The van der Waals surface area contributed by atoms with E-state index in [4.69, 9.17) is 9.47 Å². The van der Waals surface area contributed by atoms with Crippen molar-refractivity contribution in [1.82, 2.24) is 4.90 Å². The number of nitro groups is 1. The first kappa shape index (κ1) is 18.9. The van der Waals surface area contributed by atoms with Gasteiger partial charge in [-0.3, -0.25) is 19.8 Å². The molecule has 1 heterocycles. The highest BCUT2D eigenvalue weighted by Crippen LogP contribution is 2.39. The highest BCUT2D eigenvalue weighted by Gasteiger charge is 2.24.